The van der Waals surface area contributed by atoms with E-state index in [-0.39, 0.29) is 17.0 Å². The van der Waals surface area contributed by atoms with E-state index in [4.69, 9.17) is 9.84 Å². The highest BCUT2D eigenvalue weighted by Crippen LogP contribution is 2.27. The molecule has 8 heteroatoms. The van der Waals surface area contributed by atoms with E-state index in [1.54, 1.807) is 0 Å². The Morgan fingerprint density at radius 3 is 2.75 bits per heavy atom. The Morgan fingerprint density at radius 2 is 2.05 bits per heavy atom. The van der Waals surface area contributed by atoms with Crippen LogP contribution in [-0.2, 0) is 14.8 Å². The molecule has 1 aliphatic rings. The lowest BCUT2D eigenvalue weighted by molar-refractivity contribution is 0.0696. The number of sulfonamides is 1. The average Bonchev–Trinajstić information content (AvgIpc) is 2.68. The van der Waals surface area contributed by atoms with E-state index in [1.165, 1.54) is 22.5 Å². The molecule has 0 aliphatic carbocycles. The predicted octanol–water partition coefficient (Wildman–Crippen LogP) is 1.56. The summed E-state index contributed by atoms with van der Waals surface area (Å²) in [5, 5.41) is 8.98. The van der Waals surface area contributed by atoms with Gasteiger partial charge < -0.3 is 9.84 Å². The van der Waals surface area contributed by atoms with E-state index in [0.29, 0.717) is 30.7 Å². The van der Waals surface area contributed by atoms with Crippen LogP contribution in [0.2, 0.25) is 0 Å². The first-order valence-electron chi connectivity index (χ1n) is 6.03. The van der Waals surface area contributed by atoms with Gasteiger partial charge in [-0.3, -0.25) is 0 Å². The van der Waals surface area contributed by atoms with E-state index >= 15 is 0 Å². The van der Waals surface area contributed by atoms with Crippen molar-refractivity contribution in [2.75, 3.05) is 26.3 Å². The molecule has 1 N–H and O–H groups in total. The molecule has 1 aliphatic heterocycles. The lowest BCUT2D eigenvalue weighted by atomic mass is 10.2. The van der Waals surface area contributed by atoms with Gasteiger partial charge in [0.15, 0.2) is 0 Å². The van der Waals surface area contributed by atoms with Crippen molar-refractivity contribution in [1.29, 1.82) is 0 Å². The summed E-state index contributed by atoms with van der Waals surface area (Å²) in [6.07, 6.45) is 0.621. The second kappa shape index (κ2) is 6.21. The van der Waals surface area contributed by atoms with Crippen molar-refractivity contribution in [2.24, 2.45) is 0 Å². The molecule has 1 aromatic rings. The Labute approximate surface area is 125 Å². The van der Waals surface area contributed by atoms with Crippen molar-refractivity contribution in [3.8, 4) is 0 Å². The maximum absolute atomic E-state index is 12.6. The molecule has 1 saturated heterocycles. The number of carboxylic acids is 1. The fourth-order valence-corrected chi connectivity index (χ4v) is 4.35. The molecule has 0 aromatic heterocycles. The van der Waals surface area contributed by atoms with E-state index in [1.807, 2.05) is 0 Å². The minimum atomic E-state index is -3.73. The lowest BCUT2D eigenvalue weighted by Gasteiger charge is -2.20. The lowest BCUT2D eigenvalue weighted by Crippen LogP contribution is -2.33. The summed E-state index contributed by atoms with van der Waals surface area (Å²) in [6.45, 7) is 1.51. The number of hydrogen-bond donors (Lipinski definition) is 1. The molecule has 2 rings (SSSR count). The minimum absolute atomic E-state index is 0.0284. The minimum Gasteiger partial charge on any atom is -0.478 e. The normalized spacial score (nSPS) is 17.6. The molecule has 0 bridgehead atoms. The summed E-state index contributed by atoms with van der Waals surface area (Å²) in [5.74, 6) is -1.16. The highest BCUT2D eigenvalue weighted by Gasteiger charge is 2.28. The van der Waals surface area contributed by atoms with Crippen LogP contribution in [-0.4, -0.2) is 50.1 Å². The molecule has 0 unspecified atom stereocenters. The maximum atomic E-state index is 12.6. The molecule has 1 fully saturated rings. The molecule has 0 amide bonds. The van der Waals surface area contributed by atoms with Gasteiger partial charge in [0.2, 0.25) is 10.0 Å². The molecule has 1 heterocycles. The number of rotatable bonds is 3. The van der Waals surface area contributed by atoms with Crippen LogP contribution < -0.4 is 0 Å². The number of benzene rings is 1. The van der Waals surface area contributed by atoms with Gasteiger partial charge in [0.1, 0.15) is 0 Å². The monoisotopic (exact) mass is 363 g/mol. The van der Waals surface area contributed by atoms with Crippen LogP contribution >= 0.6 is 15.9 Å². The molecule has 0 saturated carbocycles. The number of halogens is 1. The fourth-order valence-electron chi connectivity index (χ4n) is 1.94. The zero-order valence-electron chi connectivity index (χ0n) is 10.6. The van der Waals surface area contributed by atoms with Gasteiger partial charge in [0, 0.05) is 24.2 Å². The molecule has 0 radical (unpaired) electrons. The van der Waals surface area contributed by atoms with Crippen LogP contribution in [0.4, 0.5) is 0 Å². The van der Waals surface area contributed by atoms with Crippen LogP contribution in [0.25, 0.3) is 0 Å². The van der Waals surface area contributed by atoms with Gasteiger partial charge in [-0.1, -0.05) is 0 Å². The zero-order valence-corrected chi connectivity index (χ0v) is 13.0. The quantitative estimate of drug-likeness (QED) is 0.880. The Morgan fingerprint density at radius 1 is 1.30 bits per heavy atom. The Bertz CT molecular complexity index is 608. The number of ether oxygens (including phenoxy) is 1. The Kier molecular flexibility index (Phi) is 4.79. The van der Waals surface area contributed by atoms with Crippen molar-refractivity contribution in [3.05, 3.63) is 28.2 Å². The summed E-state index contributed by atoms with van der Waals surface area (Å²) >= 11 is 3.17. The number of carboxylic acid groups (broad SMARTS) is 1. The average molecular weight is 364 g/mol. The predicted molar refractivity (Wildman–Crippen MR) is 75.3 cm³/mol. The molecule has 20 heavy (non-hydrogen) atoms. The van der Waals surface area contributed by atoms with Gasteiger partial charge in [-0.2, -0.15) is 4.31 Å². The molecule has 1 aromatic carbocycles. The van der Waals surface area contributed by atoms with E-state index in [9.17, 15) is 13.2 Å². The standard InChI is InChI=1S/C12H14BrNO5S/c13-10-3-2-9(12(15)16)8-11(10)20(17,18)14-4-1-6-19-7-5-14/h2-3,8H,1,4-7H2,(H,15,16). The second-order valence-corrected chi connectivity index (χ2v) is 7.08. The van der Waals surface area contributed by atoms with E-state index in [2.05, 4.69) is 15.9 Å². The van der Waals surface area contributed by atoms with Gasteiger partial charge >= 0.3 is 5.97 Å². The van der Waals surface area contributed by atoms with Crippen molar-refractivity contribution in [3.63, 3.8) is 0 Å². The molecule has 0 spiro atoms. The summed E-state index contributed by atoms with van der Waals surface area (Å²) in [7, 11) is -3.73. The molecular weight excluding hydrogens is 350 g/mol. The molecular formula is C12H14BrNO5S. The molecule has 110 valence electrons. The second-order valence-electron chi connectivity index (χ2n) is 4.32. The highest BCUT2D eigenvalue weighted by molar-refractivity contribution is 9.10. The van der Waals surface area contributed by atoms with Gasteiger partial charge in [-0.15, -0.1) is 0 Å². The summed E-state index contributed by atoms with van der Waals surface area (Å²) in [5.41, 5.74) is -0.0575. The largest absolute Gasteiger partial charge is 0.478 e. The SMILES string of the molecule is O=C(O)c1ccc(Br)c(S(=O)(=O)N2CCCOCC2)c1. The maximum Gasteiger partial charge on any atom is 0.335 e. The Balaban J connectivity index is 2.42. The van der Waals surface area contributed by atoms with E-state index < -0.39 is 16.0 Å². The first-order chi connectivity index (χ1) is 9.43. The van der Waals surface area contributed by atoms with Gasteiger partial charge in [0.05, 0.1) is 17.1 Å². The Hall–Kier alpha value is -0.960. The summed E-state index contributed by atoms with van der Waals surface area (Å²) < 4.78 is 32.1. The number of hydrogen-bond acceptors (Lipinski definition) is 4. The van der Waals surface area contributed by atoms with Crippen molar-refractivity contribution in [1.82, 2.24) is 4.31 Å². The van der Waals surface area contributed by atoms with Crippen molar-refractivity contribution in [2.45, 2.75) is 11.3 Å². The van der Waals surface area contributed by atoms with Crippen LogP contribution in [0.1, 0.15) is 16.8 Å². The van der Waals surface area contributed by atoms with Crippen molar-refractivity contribution >= 4 is 31.9 Å². The first-order valence-corrected chi connectivity index (χ1v) is 8.27. The summed E-state index contributed by atoms with van der Waals surface area (Å²) in [4.78, 5) is 11.0. The molecule has 6 nitrogen and oxygen atoms in total. The van der Waals surface area contributed by atoms with Gasteiger partial charge in [-0.05, 0) is 40.5 Å². The van der Waals surface area contributed by atoms with E-state index in [0.717, 1.165) is 0 Å². The number of aromatic carboxylic acids is 1. The third-order valence-electron chi connectivity index (χ3n) is 2.98. The third-order valence-corrected chi connectivity index (χ3v) is 5.87. The zero-order chi connectivity index (χ0) is 14.8. The van der Waals surface area contributed by atoms with Crippen molar-refractivity contribution < 1.29 is 23.1 Å². The van der Waals surface area contributed by atoms with Crippen LogP contribution in [0, 0.1) is 0 Å². The van der Waals surface area contributed by atoms with Crippen LogP contribution in [0.3, 0.4) is 0 Å². The number of nitrogens with zero attached hydrogens (tertiary/aromatic N) is 1. The summed E-state index contributed by atoms with van der Waals surface area (Å²) in [6, 6.07) is 3.97. The van der Waals surface area contributed by atoms with Crippen LogP contribution in [0.15, 0.2) is 27.6 Å². The molecule has 0 atom stereocenters. The fraction of sp³-hybridized carbons (Fsp3) is 0.417. The van der Waals surface area contributed by atoms with Crippen LogP contribution in [0.5, 0.6) is 0 Å². The highest BCUT2D eigenvalue weighted by atomic mass is 79.9. The smallest absolute Gasteiger partial charge is 0.335 e. The van der Waals surface area contributed by atoms with Gasteiger partial charge in [0.25, 0.3) is 0 Å². The first kappa shape index (κ1) is 15.4. The number of carbonyl (C=O) groups is 1. The van der Waals surface area contributed by atoms with Gasteiger partial charge in [-0.25, -0.2) is 13.2 Å². The third kappa shape index (κ3) is 3.20. The topological polar surface area (TPSA) is 83.9 Å².